The number of aliphatic hydroxyl groups is 2. The maximum Gasteiger partial charge on any atom is 0.416 e. The molecule has 8 heteroatoms. The van der Waals surface area contributed by atoms with Crippen LogP contribution in [0.4, 0.5) is 18.9 Å². The van der Waals surface area contributed by atoms with Crippen molar-refractivity contribution in [3.8, 4) is 6.07 Å². The van der Waals surface area contributed by atoms with Crippen LogP contribution >= 0.6 is 0 Å². The molecule has 3 N–H and O–H groups in total. The van der Waals surface area contributed by atoms with Gasteiger partial charge in [-0.2, -0.15) is 18.4 Å². The Balaban J connectivity index is 2.75. The molecular weight excluding hydrogens is 313 g/mol. The molecule has 0 aliphatic heterocycles. The van der Waals surface area contributed by atoms with Gasteiger partial charge in [-0.25, -0.2) is 0 Å². The summed E-state index contributed by atoms with van der Waals surface area (Å²) in [5, 5.41) is 30.0. The molecule has 5 nitrogen and oxygen atoms in total. The standard InChI is InChI=1S/C15H15F3N2O3/c1-9(21)6-13(22)10(8-19)7-14(23)20-12-4-2-11(3-5-12)15(16,17)18/h2-5,9,21-22H,6-7H2,1H3,(H,20,23). The largest absolute Gasteiger partial charge is 0.511 e. The van der Waals surface area contributed by atoms with E-state index in [2.05, 4.69) is 5.32 Å². The lowest BCUT2D eigenvalue weighted by Gasteiger charge is -2.09. The molecular formula is C15H15F3N2O3. The third-order valence-corrected chi connectivity index (χ3v) is 2.81. The molecule has 23 heavy (non-hydrogen) atoms. The number of alkyl halides is 3. The molecule has 0 aliphatic rings. The van der Waals surface area contributed by atoms with Crippen LogP contribution in [-0.4, -0.2) is 22.2 Å². The number of benzene rings is 1. The summed E-state index contributed by atoms with van der Waals surface area (Å²) in [6, 6.07) is 5.48. The van der Waals surface area contributed by atoms with Crippen LogP contribution in [0.5, 0.6) is 0 Å². The molecule has 0 aliphatic carbocycles. The predicted molar refractivity (Wildman–Crippen MR) is 76.3 cm³/mol. The van der Waals surface area contributed by atoms with Crippen molar-refractivity contribution < 1.29 is 28.2 Å². The van der Waals surface area contributed by atoms with Gasteiger partial charge >= 0.3 is 6.18 Å². The number of amides is 1. The Kier molecular flexibility index (Phi) is 6.16. The van der Waals surface area contributed by atoms with Crippen LogP contribution in [0.1, 0.15) is 25.3 Å². The van der Waals surface area contributed by atoms with Gasteiger partial charge in [0.15, 0.2) is 0 Å². The van der Waals surface area contributed by atoms with Gasteiger partial charge < -0.3 is 15.5 Å². The number of nitrogens with zero attached hydrogens (tertiary/aromatic N) is 1. The minimum absolute atomic E-state index is 0.135. The molecule has 1 rings (SSSR count). The topological polar surface area (TPSA) is 93.3 Å². The van der Waals surface area contributed by atoms with Gasteiger partial charge in [0.1, 0.15) is 5.76 Å². The number of nitrogens with one attached hydrogen (secondary N) is 1. The van der Waals surface area contributed by atoms with E-state index >= 15 is 0 Å². The minimum atomic E-state index is -4.47. The highest BCUT2D eigenvalue weighted by Gasteiger charge is 2.30. The lowest BCUT2D eigenvalue weighted by Crippen LogP contribution is -2.14. The van der Waals surface area contributed by atoms with Crippen molar-refractivity contribution in [2.45, 2.75) is 32.0 Å². The average Bonchev–Trinajstić information content (AvgIpc) is 2.43. The van der Waals surface area contributed by atoms with E-state index in [9.17, 15) is 23.1 Å². The molecule has 0 spiro atoms. The molecule has 0 aromatic heterocycles. The van der Waals surface area contributed by atoms with Crippen molar-refractivity contribution in [3.05, 3.63) is 41.2 Å². The second kappa shape index (κ2) is 7.65. The summed E-state index contributed by atoms with van der Waals surface area (Å²) in [6.07, 6.45) is -5.96. The molecule has 0 saturated heterocycles. The van der Waals surface area contributed by atoms with Crippen LogP contribution in [-0.2, 0) is 11.0 Å². The summed E-state index contributed by atoms with van der Waals surface area (Å²) in [7, 11) is 0. The van der Waals surface area contributed by atoms with Gasteiger partial charge in [0.05, 0.1) is 29.7 Å². The fraction of sp³-hybridized carbons (Fsp3) is 0.333. The van der Waals surface area contributed by atoms with Gasteiger partial charge in [-0.15, -0.1) is 0 Å². The van der Waals surface area contributed by atoms with Crippen molar-refractivity contribution in [2.75, 3.05) is 5.32 Å². The Bertz CT molecular complexity index is 629. The minimum Gasteiger partial charge on any atom is -0.511 e. The molecule has 124 valence electrons. The van der Waals surface area contributed by atoms with Gasteiger partial charge in [-0.3, -0.25) is 4.79 Å². The van der Waals surface area contributed by atoms with Crippen LogP contribution in [0.2, 0.25) is 0 Å². The van der Waals surface area contributed by atoms with Crippen molar-refractivity contribution >= 4 is 11.6 Å². The van der Waals surface area contributed by atoms with Crippen LogP contribution in [0, 0.1) is 11.3 Å². The summed E-state index contributed by atoms with van der Waals surface area (Å²) in [5.41, 5.74) is -0.923. The first kappa shape index (κ1) is 18.5. The van der Waals surface area contributed by atoms with Gasteiger partial charge in [0, 0.05) is 12.1 Å². The first-order chi connectivity index (χ1) is 10.6. The number of carbonyl (C=O) groups excluding carboxylic acids is 1. The van der Waals surface area contributed by atoms with Crippen LogP contribution in [0.25, 0.3) is 0 Å². The zero-order valence-electron chi connectivity index (χ0n) is 12.2. The van der Waals surface area contributed by atoms with Crippen molar-refractivity contribution in [3.63, 3.8) is 0 Å². The van der Waals surface area contributed by atoms with Gasteiger partial charge in [-0.05, 0) is 31.2 Å². The van der Waals surface area contributed by atoms with E-state index < -0.39 is 35.9 Å². The smallest absolute Gasteiger partial charge is 0.416 e. The highest BCUT2D eigenvalue weighted by molar-refractivity contribution is 5.92. The Morgan fingerprint density at radius 2 is 1.91 bits per heavy atom. The molecule has 1 aromatic rings. The molecule has 1 atom stereocenters. The van der Waals surface area contributed by atoms with E-state index in [1.165, 1.54) is 6.92 Å². The second-order valence-electron chi connectivity index (χ2n) is 4.89. The van der Waals surface area contributed by atoms with Crippen LogP contribution in [0.3, 0.4) is 0 Å². The van der Waals surface area contributed by atoms with E-state index in [0.717, 1.165) is 24.3 Å². The summed E-state index contributed by atoms with van der Waals surface area (Å²) in [6.45, 7) is 1.41. The Morgan fingerprint density at radius 1 is 1.35 bits per heavy atom. The zero-order valence-corrected chi connectivity index (χ0v) is 12.2. The molecule has 0 saturated carbocycles. The Hall–Kier alpha value is -2.53. The maximum absolute atomic E-state index is 12.4. The third-order valence-electron chi connectivity index (χ3n) is 2.81. The molecule has 1 amide bonds. The number of aliphatic hydroxyl groups excluding tert-OH is 2. The fourth-order valence-corrected chi connectivity index (χ4v) is 1.72. The second-order valence-corrected chi connectivity index (χ2v) is 4.89. The number of halogens is 3. The van der Waals surface area contributed by atoms with E-state index in [0.29, 0.717) is 0 Å². The molecule has 1 unspecified atom stereocenters. The number of nitriles is 1. The summed E-state index contributed by atoms with van der Waals surface area (Å²) < 4.78 is 37.2. The Morgan fingerprint density at radius 3 is 2.35 bits per heavy atom. The summed E-state index contributed by atoms with van der Waals surface area (Å²) in [4.78, 5) is 11.8. The van der Waals surface area contributed by atoms with E-state index in [1.807, 2.05) is 0 Å². The number of hydrogen-bond acceptors (Lipinski definition) is 4. The molecule has 0 fully saturated rings. The number of rotatable bonds is 5. The van der Waals surface area contributed by atoms with Crippen LogP contribution in [0.15, 0.2) is 35.6 Å². The molecule has 1 aromatic carbocycles. The van der Waals surface area contributed by atoms with E-state index in [4.69, 9.17) is 10.4 Å². The van der Waals surface area contributed by atoms with Gasteiger partial charge in [-0.1, -0.05) is 0 Å². The van der Waals surface area contributed by atoms with E-state index in [-0.39, 0.29) is 17.7 Å². The molecule has 0 heterocycles. The lowest BCUT2D eigenvalue weighted by molar-refractivity contribution is -0.137. The predicted octanol–water partition coefficient (Wildman–Crippen LogP) is 3.14. The first-order valence-corrected chi connectivity index (χ1v) is 6.59. The van der Waals surface area contributed by atoms with E-state index in [1.54, 1.807) is 6.07 Å². The quantitative estimate of drug-likeness (QED) is 0.572. The highest BCUT2D eigenvalue weighted by Crippen LogP contribution is 2.29. The SMILES string of the molecule is CC(O)CC(O)=C(C#N)CC(=O)Nc1ccc(C(F)(F)F)cc1. The first-order valence-electron chi connectivity index (χ1n) is 6.59. The normalized spacial score (nSPS) is 13.7. The Labute approximate surface area is 130 Å². The number of carbonyl (C=O) groups is 1. The van der Waals surface area contributed by atoms with Crippen molar-refractivity contribution in [2.24, 2.45) is 0 Å². The monoisotopic (exact) mass is 328 g/mol. The maximum atomic E-state index is 12.4. The van der Waals surface area contributed by atoms with Gasteiger partial charge in [0.2, 0.25) is 5.91 Å². The lowest BCUT2D eigenvalue weighted by atomic mass is 10.1. The van der Waals surface area contributed by atoms with Gasteiger partial charge in [0.25, 0.3) is 0 Å². The molecule has 0 radical (unpaired) electrons. The zero-order chi connectivity index (χ0) is 17.6. The number of hydrogen-bond donors (Lipinski definition) is 3. The van der Waals surface area contributed by atoms with Crippen molar-refractivity contribution in [1.29, 1.82) is 5.26 Å². The molecule has 0 bridgehead atoms. The highest BCUT2D eigenvalue weighted by atomic mass is 19.4. The summed E-state index contributed by atoms with van der Waals surface area (Å²) in [5.74, 6) is -1.07. The summed E-state index contributed by atoms with van der Waals surface area (Å²) >= 11 is 0. The van der Waals surface area contributed by atoms with Crippen LogP contribution < -0.4 is 5.32 Å². The van der Waals surface area contributed by atoms with Crippen molar-refractivity contribution in [1.82, 2.24) is 0 Å². The fourth-order valence-electron chi connectivity index (χ4n) is 1.72. The average molecular weight is 328 g/mol. The number of anilines is 1. The third kappa shape index (κ3) is 6.00.